The zero-order valence-corrected chi connectivity index (χ0v) is 7.22. The Labute approximate surface area is 71.5 Å². The van der Waals surface area contributed by atoms with Crippen molar-refractivity contribution in [3.05, 3.63) is 18.1 Å². The highest BCUT2D eigenvalue weighted by Gasteiger charge is 2.36. The maximum absolute atomic E-state index is 11.1. The Morgan fingerprint density at radius 3 is 2.83 bits per heavy atom. The van der Waals surface area contributed by atoms with Gasteiger partial charge >= 0.3 is 0 Å². The van der Waals surface area contributed by atoms with Crippen molar-refractivity contribution in [1.82, 2.24) is 9.97 Å². The van der Waals surface area contributed by atoms with Crippen molar-refractivity contribution in [1.29, 1.82) is 0 Å². The molecular weight excluding hydrogens is 200 g/mol. The van der Waals surface area contributed by atoms with E-state index in [-0.39, 0.29) is 21.4 Å². The van der Waals surface area contributed by atoms with Gasteiger partial charge in [-0.2, -0.15) is 0 Å². The highest BCUT2D eigenvalue weighted by Crippen LogP contribution is 2.35. The van der Waals surface area contributed by atoms with E-state index in [1.807, 2.05) is 0 Å². The standard InChI is InChI=1S/C5H2N2O3S2/c8-5-3-1-6-2-7-4(3)12(9,10)11-5/h1-2H. The average Bonchev–Trinajstić information content (AvgIpc) is 2.25. The van der Waals surface area contributed by atoms with Crippen LogP contribution in [0.15, 0.2) is 17.6 Å². The number of nitrogens with zero attached hydrogens (tertiary/aromatic N) is 2. The molecule has 0 aromatic carbocycles. The molecule has 0 N–H and O–H groups in total. The topological polar surface area (TPSA) is 77.0 Å². The molecule has 1 aromatic heterocycles. The lowest BCUT2D eigenvalue weighted by Crippen LogP contribution is -1.95. The van der Waals surface area contributed by atoms with Crippen LogP contribution in [-0.2, 0) is 8.87 Å². The fourth-order valence-corrected chi connectivity index (χ4v) is 3.52. The average molecular weight is 202 g/mol. The van der Waals surface area contributed by atoms with Crippen molar-refractivity contribution in [2.45, 2.75) is 5.03 Å². The Bertz CT molecular complexity index is 454. The molecule has 1 aliphatic heterocycles. The van der Waals surface area contributed by atoms with Crippen LogP contribution in [0.1, 0.15) is 10.4 Å². The van der Waals surface area contributed by atoms with Gasteiger partial charge in [-0.05, 0) is 0 Å². The Hall–Kier alpha value is -0.950. The quantitative estimate of drug-likeness (QED) is 0.437. The molecule has 0 bridgehead atoms. The molecule has 0 saturated carbocycles. The van der Waals surface area contributed by atoms with Crippen molar-refractivity contribution in [2.24, 2.45) is 0 Å². The number of carbonyl (C=O) groups is 1. The van der Waals surface area contributed by atoms with E-state index in [0.717, 1.165) is 6.33 Å². The summed E-state index contributed by atoms with van der Waals surface area (Å²) in [4.78, 5) is 18.1. The van der Waals surface area contributed by atoms with Gasteiger partial charge in [-0.3, -0.25) is 4.79 Å². The van der Waals surface area contributed by atoms with Gasteiger partial charge in [0.15, 0.2) is 5.03 Å². The molecule has 1 aliphatic rings. The van der Waals surface area contributed by atoms with Gasteiger partial charge < -0.3 is 0 Å². The number of fused-ring (bicyclic) bond motifs is 1. The highest BCUT2D eigenvalue weighted by atomic mass is 33.1. The molecule has 0 fully saturated rings. The van der Waals surface area contributed by atoms with Gasteiger partial charge in [0, 0.05) is 6.20 Å². The van der Waals surface area contributed by atoms with Crippen molar-refractivity contribution >= 4 is 24.8 Å². The van der Waals surface area contributed by atoms with Crippen LogP contribution in [0.2, 0.25) is 0 Å². The van der Waals surface area contributed by atoms with E-state index in [9.17, 15) is 13.2 Å². The summed E-state index contributed by atoms with van der Waals surface area (Å²) in [5.41, 5.74) is 0.0718. The van der Waals surface area contributed by atoms with Crippen molar-refractivity contribution < 1.29 is 13.2 Å². The number of carbonyl (C=O) groups excluding carboxylic acids is 1. The minimum absolute atomic E-state index is 0.0718. The van der Waals surface area contributed by atoms with Gasteiger partial charge in [-0.25, -0.2) is 18.4 Å². The van der Waals surface area contributed by atoms with E-state index in [1.165, 1.54) is 6.20 Å². The molecule has 2 rings (SSSR count). The number of aromatic nitrogens is 2. The molecule has 0 aliphatic carbocycles. The van der Waals surface area contributed by atoms with Crippen LogP contribution >= 0.6 is 10.8 Å². The molecule has 2 heterocycles. The van der Waals surface area contributed by atoms with Crippen LogP contribution < -0.4 is 0 Å². The molecule has 5 nitrogen and oxygen atoms in total. The monoisotopic (exact) mass is 202 g/mol. The summed E-state index contributed by atoms with van der Waals surface area (Å²) >= 11 is 0. The first-order valence-corrected chi connectivity index (χ1v) is 5.72. The second-order valence-electron chi connectivity index (χ2n) is 2.07. The Morgan fingerprint density at radius 2 is 2.17 bits per heavy atom. The van der Waals surface area contributed by atoms with E-state index in [0.29, 0.717) is 0 Å². The summed E-state index contributed by atoms with van der Waals surface area (Å²) in [6, 6.07) is 0. The van der Waals surface area contributed by atoms with E-state index in [1.54, 1.807) is 0 Å². The first-order valence-electron chi connectivity index (χ1n) is 2.90. The maximum Gasteiger partial charge on any atom is 0.255 e. The van der Waals surface area contributed by atoms with Crippen LogP contribution in [0.5, 0.6) is 0 Å². The fourth-order valence-electron chi connectivity index (χ4n) is 0.842. The van der Waals surface area contributed by atoms with E-state index in [4.69, 9.17) is 0 Å². The third kappa shape index (κ3) is 0.935. The molecule has 0 spiro atoms. The molecule has 0 amide bonds. The van der Waals surface area contributed by atoms with Gasteiger partial charge in [0.1, 0.15) is 6.33 Å². The van der Waals surface area contributed by atoms with Gasteiger partial charge in [0.25, 0.3) is 8.87 Å². The molecule has 1 aromatic rings. The highest BCUT2D eigenvalue weighted by molar-refractivity contribution is 8.78. The minimum Gasteiger partial charge on any atom is -0.280 e. The van der Waals surface area contributed by atoms with E-state index >= 15 is 0 Å². The molecule has 0 saturated heterocycles. The summed E-state index contributed by atoms with van der Waals surface area (Å²) in [5.74, 6) is 0. The summed E-state index contributed by atoms with van der Waals surface area (Å²) in [6.07, 6.45) is 2.32. The lowest BCUT2D eigenvalue weighted by atomic mass is 10.4. The van der Waals surface area contributed by atoms with E-state index in [2.05, 4.69) is 9.97 Å². The Balaban J connectivity index is 2.83. The number of rotatable bonds is 0. The first-order chi connectivity index (χ1) is 5.61. The van der Waals surface area contributed by atoms with Gasteiger partial charge in [-0.15, -0.1) is 0 Å². The van der Waals surface area contributed by atoms with Crippen molar-refractivity contribution in [3.63, 3.8) is 0 Å². The van der Waals surface area contributed by atoms with Gasteiger partial charge in [-0.1, -0.05) is 0 Å². The molecule has 7 heteroatoms. The summed E-state index contributed by atoms with van der Waals surface area (Å²) < 4.78 is 22.2. The molecule has 0 atom stereocenters. The van der Waals surface area contributed by atoms with Crippen molar-refractivity contribution in [3.8, 4) is 0 Å². The second-order valence-corrected chi connectivity index (χ2v) is 5.72. The predicted octanol–water partition coefficient (Wildman–Crippen LogP) is 0.0523. The van der Waals surface area contributed by atoms with Gasteiger partial charge in [0.2, 0.25) is 5.12 Å². The maximum atomic E-state index is 11.1. The fraction of sp³-hybridized carbons (Fsp3) is 0. The van der Waals surface area contributed by atoms with Crippen LogP contribution in [0.25, 0.3) is 0 Å². The van der Waals surface area contributed by atoms with Crippen LogP contribution in [0.3, 0.4) is 0 Å². The molecule has 12 heavy (non-hydrogen) atoms. The minimum atomic E-state index is -3.54. The summed E-state index contributed by atoms with van der Waals surface area (Å²) in [5, 5.41) is -0.682. The largest absolute Gasteiger partial charge is 0.280 e. The Kier molecular flexibility index (Phi) is 1.45. The smallest absolute Gasteiger partial charge is 0.255 e. The first kappa shape index (κ1) is 7.69. The number of hydrogen-bond donors (Lipinski definition) is 0. The zero-order chi connectivity index (χ0) is 8.77. The van der Waals surface area contributed by atoms with Gasteiger partial charge in [0.05, 0.1) is 16.4 Å². The second kappa shape index (κ2) is 2.27. The normalized spacial score (nSPS) is 19.2. The van der Waals surface area contributed by atoms with Crippen LogP contribution in [0.4, 0.5) is 0 Å². The van der Waals surface area contributed by atoms with E-state index < -0.39 is 14.0 Å². The van der Waals surface area contributed by atoms with Crippen LogP contribution in [-0.4, -0.2) is 23.5 Å². The summed E-state index contributed by atoms with van der Waals surface area (Å²) in [6.45, 7) is 0. The lowest BCUT2D eigenvalue weighted by Gasteiger charge is -1.89. The summed E-state index contributed by atoms with van der Waals surface area (Å²) in [7, 11) is -3.26. The van der Waals surface area contributed by atoms with Crippen LogP contribution in [0, 0.1) is 0 Å². The number of hydrogen-bond acceptors (Lipinski definition) is 6. The molecule has 62 valence electrons. The van der Waals surface area contributed by atoms with Crippen molar-refractivity contribution in [2.75, 3.05) is 0 Å². The third-order valence-electron chi connectivity index (χ3n) is 1.32. The third-order valence-corrected chi connectivity index (χ3v) is 4.29. The molecule has 0 radical (unpaired) electrons. The Morgan fingerprint density at radius 1 is 1.42 bits per heavy atom. The molecular formula is C5H2N2O3S2. The predicted molar refractivity (Wildman–Crippen MR) is 41.1 cm³/mol. The zero-order valence-electron chi connectivity index (χ0n) is 5.59. The lowest BCUT2D eigenvalue weighted by molar-refractivity contribution is 0.108. The molecule has 0 unspecified atom stereocenters. The SMILES string of the molecule is O=C1SS(=O)(=O)c2ncncc21.